The summed E-state index contributed by atoms with van der Waals surface area (Å²) in [5.41, 5.74) is 0. The van der Waals surface area contributed by atoms with E-state index in [0.29, 0.717) is 0 Å². The number of aliphatic carboxylic acids is 1. The van der Waals surface area contributed by atoms with Gasteiger partial charge in [-0.3, -0.25) is 9.59 Å². The van der Waals surface area contributed by atoms with Crippen LogP contribution in [-0.4, -0.2) is 76.5 Å². The van der Waals surface area contributed by atoms with Gasteiger partial charge in [-0.2, -0.15) is 0 Å². The molecule has 0 spiro atoms. The molecule has 1 aliphatic rings. The Kier molecular flexibility index (Phi) is 4.86. The van der Waals surface area contributed by atoms with Crippen LogP contribution in [0, 0.1) is 0 Å². The molecule has 5 N–H and O–H groups in total. The molecule has 2 atom stereocenters. The molecule has 1 fully saturated rings. The minimum Gasteiger partial charge on any atom is -0.480 e. The zero-order valence-electron chi connectivity index (χ0n) is 9.50. The number of nitrogens with zero attached hydrogens (tertiary/aromatic N) is 1. The molecule has 1 heterocycles. The molecule has 0 aromatic heterocycles. The molecule has 0 bridgehead atoms. The number of amides is 3. The number of aliphatic hydroxyl groups excluding tert-OH is 2. The van der Waals surface area contributed by atoms with Crippen LogP contribution in [0.25, 0.3) is 0 Å². The molecule has 18 heavy (non-hydrogen) atoms. The van der Waals surface area contributed by atoms with Crippen LogP contribution in [-0.2, 0) is 9.59 Å². The van der Waals surface area contributed by atoms with Gasteiger partial charge < -0.3 is 30.9 Å². The van der Waals surface area contributed by atoms with Crippen LogP contribution in [0.4, 0.5) is 4.79 Å². The van der Waals surface area contributed by atoms with Gasteiger partial charge in [0.2, 0.25) is 5.91 Å². The van der Waals surface area contributed by atoms with Crippen molar-refractivity contribution < 1.29 is 29.7 Å². The van der Waals surface area contributed by atoms with Gasteiger partial charge in [0, 0.05) is 0 Å². The summed E-state index contributed by atoms with van der Waals surface area (Å²) in [5, 5.41) is 31.1. The average molecular weight is 261 g/mol. The van der Waals surface area contributed by atoms with Crippen molar-refractivity contribution in [1.82, 2.24) is 15.5 Å². The maximum absolute atomic E-state index is 11.5. The second-order valence-corrected chi connectivity index (χ2v) is 3.87. The molecule has 1 rings (SSSR count). The second-order valence-electron chi connectivity index (χ2n) is 3.87. The van der Waals surface area contributed by atoms with E-state index in [2.05, 4.69) is 10.6 Å². The highest BCUT2D eigenvalue weighted by Gasteiger charge is 2.32. The fraction of sp³-hybridized carbons (Fsp3) is 0.667. The van der Waals surface area contributed by atoms with E-state index in [1.807, 2.05) is 0 Å². The number of urea groups is 1. The maximum Gasteiger partial charge on any atom is 0.322 e. The summed E-state index contributed by atoms with van der Waals surface area (Å²) in [5.74, 6) is -1.81. The van der Waals surface area contributed by atoms with Crippen LogP contribution < -0.4 is 10.6 Å². The summed E-state index contributed by atoms with van der Waals surface area (Å²) in [6.45, 7) is -0.905. The molecule has 102 valence electrons. The largest absolute Gasteiger partial charge is 0.480 e. The van der Waals surface area contributed by atoms with Gasteiger partial charge in [-0.1, -0.05) is 0 Å². The molecule has 3 amide bonds. The van der Waals surface area contributed by atoms with Crippen molar-refractivity contribution in [2.45, 2.75) is 12.2 Å². The van der Waals surface area contributed by atoms with Crippen LogP contribution in [0.2, 0.25) is 0 Å². The van der Waals surface area contributed by atoms with E-state index in [4.69, 9.17) is 5.11 Å². The summed E-state index contributed by atoms with van der Waals surface area (Å²) in [7, 11) is 0. The number of β-amino-alcohol motifs (C(OH)–C–C–N with tert-alkyl or cyclic N) is 2. The van der Waals surface area contributed by atoms with E-state index in [1.54, 1.807) is 0 Å². The van der Waals surface area contributed by atoms with Gasteiger partial charge in [0.1, 0.15) is 6.54 Å². The molecule has 0 aromatic rings. The minimum absolute atomic E-state index is 0.0102. The Balaban J connectivity index is 2.25. The average Bonchev–Trinajstić information content (AvgIpc) is 2.64. The second kappa shape index (κ2) is 6.17. The third-order valence-electron chi connectivity index (χ3n) is 2.38. The van der Waals surface area contributed by atoms with E-state index in [1.165, 1.54) is 4.90 Å². The first-order valence-electron chi connectivity index (χ1n) is 5.27. The highest BCUT2D eigenvalue weighted by Crippen LogP contribution is 2.09. The van der Waals surface area contributed by atoms with Crippen molar-refractivity contribution in [3.63, 3.8) is 0 Å². The maximum atomic E-state index is 11.5. The lowest BCUT2D eigenvalue weighted by Crippen LogP contribution is -2.44. The SMILES string of the molecule is O=C(O)CNC(=O)CNC(=O)N1CC(O)C(O)C1. The lowest BCUT2D eigenvalue weighted by Gasteiger charge is -2.15. The Hall–Kier alpha value is -1.87. The van der Waals surface area contributed by atoms with E-state index in [0.717, 1.165) is 0 Å². The first-order valence-corrected chi connectivity index (χ1v) is 5.27. The number of carboxylic acids is 1. The molecule has 0 radical (unpaired) electrons. The van der Waals surface area contributed by atoms with E-state index >= 15 is 0 Å². The van der Waals surface area contributed by atoms with Crippen molar-refractivity contribution in [2.24, 2.45) is 0 Å². The highest BCUT2D eigenvalue weighted by molar-refractivity contribution is 5.86. The number of hydrogen-bond acceptors (Lipinski definition) is 5. The molecule has 0 aliphatic carbocycles. The summed E-state index contributed by atoms with van der Waals surface area (Å²) >= 11 is 0. The van der Waals surface area contributed by atoms with Gasteiger partial charge in [-0.15, -0.1) is 0 Å². The Morgan fingerprint density at radius 1 is 1.06 bits per heavy atom. The monoisotopic (exact) mass is 261 g/mol. The third-order valence-corrected chi connectivity index (χ3v) is 2.38. The van der Waals surface area contributed by atoms with Gasteiger partial charge in [-0.05, 0) is 0 Å². The summed E-state index contributed by atoms with van der Waals surface area (Å²) in [4.78, 5) is 33.9. The number of aliphatic hydroxyl groups is 2. The molecule has 9 heteroatoms. The first-order chi connectivity index (χ1) is 8.40. The number of carbonyl (C=O) groups excluding carboxylic acids is 2. The Bertz CT molecular complexity index is 337. The number of carbonyl (C=O) groups is 3. The summed E-state index contributed by atoms with van der Waals surface area (Å²) < 4.78 is 0. The van der Waals surface area contributed by atoms with E-state index < -0.39 is 36.7 Å². The predicted octanol–water partition coefficient (Wildman–Crippen LogP) is -3.07. The molecule has 2 unspecified atom stereocenters. The van der Waals surface area contributed by atoms with Crippen molar-refractivity contribution in [3.05, 3.63) is 0 Å². The van der Waals surface area contributed by atoms with Crippen LogP contribution >= 0.6 is 0 Å². The predicted molar refractivity (Wildman–Crippen MR) is 57.6 cm³/mol. The minimum atomic E-state index is -1.18. The Morgan fingerprint density at radius 3 is 2.11 bits per heavy atom. The van der Waals surface area contributed by atoms with E-state index in [9.17, 15) is 24.6 Å². The smallest absolute Gasteiger partial charge is 0.322 e. The van der Waals surface area contributed by atoms with Gasteiger partial charge in [0.15, 0.2) is 0 Å². The fourth-order valence-corrected chi connectivity index (χ4v) is 1.44. The van der Waals surface area contributed by atoms with Gasteiger partial charge in [-0.25, -0.2) is 4.79 Å². The standard InChI is InChI=1S/C9H15N3O6/c13-5-3-12(4-6(5)14)9(18)11-1-7(15)10-2-8(16)17/h5-6,13-14H,1-4H2,(H,10,15)(H,11,18)(H,16,17). The highest BCUT2D eigenvalue weighted by atomic mass is 16.4. The zero-order chi connectivity index (χ0) is 13.7. The number of hydrogen-bond donors (Lipinski definition) is 5. The summed E-state index contributed by atoms with van der Waals surface area (Å²) in [6, 6.07) is -0.601. The molecule has 1 aliphatic heterocycles. The molecule has 9 nitrogen and oxygen atoms in total. The van der Waals surface area contributed by atoms with Crippen LogP contribution in [0.5, 0.6) is 0 Å². The zero-order valence-corrected chi connectivity index (χ0v) is 9.50. The van der Waals surface area contributed by atoms with Crippen molar-refractivity contribution in [3.8, 4) is 0 Å². The number of likely N-dealkylation sites (tertiary alicyclic amines) is 1. The first kappa shape index (κ1) is 14.2. The van der Waals surface area contributed by atoms with Crippen LogP contribution in [0.3, 0.4) is 0 Å². The normalized spacial score (nSPS) is 22.7. The number of rotatable bonds is 4. The van der Waals surface area contributed by atoms with Crippen LogP contribution in [0.15, 0.2) is 0 Å². The van der Waals surface area contributed by atoms with Gasteiger partial charge in [0.25, 0.3) is 0 Å². The lowest BCUT2D eigenvalue weighted by atomic mass is 10.3. The van der Waals surface area contributed by atoms with Crippen molar-refractivity contribution in [1.29, 1.82) is 0 Å². The molecular formula is C9H15N3O6. The topological polar surface area (TPSA) is 139 Å². The number of nitrogens with one attached hydrogen (secondary N) is 2. The molecule has 0 aromatic carbocycles. The summed E-state index contributed by atoms with van der Waals surface area (Å²) in [6.07, 6.45) is -1.98. The fourth-order valence-electron chi connectivity index (χ4n) is 1.44. The number of carboxylic acid groups (broad SMARTS) is 1. The quantitative estimate of drug-likeness (QED) is 0.364. The van der Waals surface area contributed by atoms with Crippen molar-refractivity contribution in [2.75, 3.05) is 26.2 Å². The van der Waals surface area contributed by atoms with Gasteiger partial charge in [0.05, 0.1) is 31.8 Å². The van der Waals surface area contributed by atoms with Gasteiger partial charge >= 0.3 is 12.0 Å². The third kappa shape index (κ3) is 4.18. The Morgan fingerprint density at radius 2 is 1.61 bits per heavy atom. The lowest BCUT2D eigenvalue weighted by molar-refractivity contribution is -0.137. The Labute approximate surface area is 102 Å². The van der Waals surface area contributed by atoms with Crippen LogP contribution in [0.1, 0.15) is 0 Å². The molecular weight excluding hydrogens is 246 g/mol. The molecule has 1 saturated heterocycles. The van der Waals surface area contributed by atoms with E-state index in [-0.39, 0.29) is 19.6 Å². The molecule has 0 saturated carbocycles. The van der Waals surface area contributed by atoms with Crippen molar-refractivity contribution >= 4 is 17.9 Å².